The van der Waals surface area contributed by atoms with Crippen molar-refractivity contribution in [3.63, 3.8) is 0 Å². The molecule has 0 radical (unpaired) electrons. The number of benzene rings is 2. The van der Waals surface area contributed by atoms with Crippen molar-refractivity contribution in [1.82, 2.24) is 4.90 Å². The maximum atomic E-state index is 12.8. The lowest BCUT2D eigenvalue weighted by Gasteiger charge is -2.53. The van der Waals surface area contributed by atoms with Gasteiger partial charge >= 0.3 is 0 Å². The summed E-state index contributed by atoms with van der Waals surface area (Å²) in [4.78, 5) is 14.4. The second-order valence-corrected chi connectivity index (χ2v) is 6.48. The Labute approximate surface area is 147 Å². The minimum Gasteiger partial charge on any atom is -0.394 e. The second kappa shape index (κ2) is 7.35. The van der Waals surface area contributed by atoms with Crippen LogP contribution < -0.4 is 0 Å². The Morgan fingerprint density at radius 3 is 1.84 bits per heavy atom. The molecule has 0 bridgehead atoms. The van der Waals surface area contributed by atoms with E-state index < -0.39 is 30.8 Å². The summed E-state index contributed by atoms with van der Waals surface area (Å²) < 4.78 is 0. The Morgan fingerprint density at radius 1 is 0.960 bits per heavy atom. The first-order chi connectivity index (χ1) is 12.1. The highest BCUT2D eigenvalue weighted by atomic mass is 16.3. The zero-order valence-corrected chi connectivity index (χ0v) is 14.1. The summed E-state index contributed by atoms with van der Waals surface area (Å²) in [6, 6.07) is 18.1. The third-order valence-corrected chi connectivity index (χ3v) is 4.84. The number of rotatable bonds is 6. The fourth-order valence-corrected chi connectivity index (χ4v) is 3.66. The summed E-state index contributed by atoms with van der Waals surface area (Å²) in [6.45, 7) is 1.07. The average Bonchev–Trinajstić information content (AvgIpc) is 2.64. The molecular weight excluding hydrogens is 318 g/mol. The molecule has 5 nitrogen and oxygen atoms in total. The monoisotopic (exact) mass is 341 g/mol. The van der Waals surface area contributed by atoms with E-state index in [0.29, 0.717) is 0 Å². The number of β-lactam (4-membered cyclic amide) rings is 1. The molecule has 1 fully saturated rings. The van der Waals surface area contributed by atoms with Gasteiger partial charge in [0.2, 0.25) is 5.91 Å². The molecule has 0 saturated carbocycles. The first kappa shape index (κ1) is 17.6. The molecule has 132 valence electrons. The number of hydrogen-bond donors (Lipinski definition) is 3. The molecule has 2 aromatic rings. The van der Waals surface area contributed by atoms with Crippen LogP contribution in [-0.2, 0) is 4.79 Å². The highest BCUT2D eigenvalue weighted by molar-refractivity contribution is 5.88. The van der Waals surface area contributed by atoms with Crippen molar-refractivity contribution >= 4 is 5.91 Å². The highest BCUT2D eigenvalue weighted by Gasteiger charge is 2.55. The van der Waals surface area contributed by atoms with Gasteiger partial charge in [0.05, 0.1) is 36.8 Å². The molecule has 0 aromatic heterocycles. The van der Waals surface area contributed by atoms with E-state index in [0.717, 1.165) is 11.1 Å². The van der Waals surface area contributed by atoms with Crippen LogP contribution in [0.15, 0.2) is 60.7 Å². The molecule has 1 saturated heterocycles. The van der Waals surface area contributed by atoms with Gasteiger partial charge in [-0.05, 0) is 18.1 Å². The van der Waals surface area contributed by atoms with Crippen LogP contribution >= 0.6 is 0 Å². The molecule has 2 aromatic carbocycles. The predicted molar refractivity (Wildman–Crippen MR) is 93.6 cm³/mol. The van der Waals surface area contributed by atoms with Gasteiger partial charge in [-0.25, -0.2) is 0 Å². The van der Waals surface area contributed by atoms with E-state index in [4.69, 9.17) is 0 Å². The van der Waals surface area contributed by atoms with E-state index in [9.17, 15) is 20.1 Å². The number of carbonyl (C=O) groups excluding carboxylic acids is 1. The van der Waals surface area contributed by atoms with Crippen LogP contribution in [0.25, 0.3) is 0 Å². The lowest BCUT2D eigenvalue weighted by molar-refractivity contribution is -0.180. The fraction of sp³-hybridized carbons (Fsp3) is 0.350. The molecule has 1 aliphatic rings. The van der Waals surface area contributed by atoms with Gasteiger partial charge in [-0.15, -0.1) is 0 Å². The topological polar surface area (TPSA) is 81.0 Å². The Bertz CT molecular complexity index is 665. The molecule has 3 rings (SSSR count). The SMILES string of the molecule is C[C@@H](O)[C@H]1C(=O)N(C(c2ccccc2)c2ccccc2)[C@@H]1[C@@H](O)CO. The molecule has 1 aliphatic heterocycles. The zero-order valence-electron chi connectivity index (χ0n) is 14.1. The lowest BCUT2D eigenvalue weighted by atomic mass is 9.77. The molecule has 0 unspecified atom stereocenters. The number of aliphatic hydroxyl groups excluding tert-OH is 3. The summed E-state index contributed by atoms with van der Waals surface area (Å²) in [7, 11) is 0. The van der Waals surface area contributed by atoms with Crippen LogP contribution in [-0.4, -0.2) is 51.0 Å². The first-order valence-corrected chi connectivity index (χ1v) is 8.45. The zero-order chi connectivity index (χ0) is 18.0. The standard InChI is InChI=1S/C20H23NO4/c1-13(23)17-19(16(24)12-22)21(20(17)25)18(14-8-4-2-5-9-14)15-10-6-3-7-11-15/h2-11,13,16-19,22-24H,12H2,1H3/t13-,16+,17-,19-/m1/s1. The van der Waals surface area contributed by atoms with Crippen molar-refractivity contribution in [1.29, 1.82) is 0 Å². The molecule has 1 amide bonds. The van der Waals surface area contributed by atoms with Crippen LogP contribution in [0, 0.1) is 5.92 Å². The van der Waals surface area contributed by atoms with Crippen molar-refractivity contribution < 1.29 is 20.1 Å². The van der Waals surface area contributed by atoms with Crippen molar-refractivity contribution in [2.75, 3.05) is 6.61 Å². The van der Waals surface area contributed by atoms with Crippen LogP contribution in [0.2, 0.25) is 0 Å². The Hall–Kier alpha value is -2.21. The molecule has 0 spiro atoms. The number of hydrogen-bond acceptors (Lipinski definition) is 4. The van der Waals surface area contributed by atoms with Gasteiger partial charge in [0, 0.05) is 0 Å². The molecule has 1 heterocycles. The van der Waals surface area contributed by atoms with E-state index in [-0.39, 0.29) is 11.9 Å². The van der Waals surface area contributed by atoms with Gasteiger partial charge < -0.3 is 20.2 Å². The van der Waals surface area contributed by atoms with Crippen LogP contribution in [0.4, 0.5) is 0 Å². The number of likely N-dealkylation sites (tertiary alicyclic amines) is 1. The van der Waals surface area contributed by atoms with Gasteiger partial charge in [0.1, 0.15) is 0 Å². The maximum Gasteiger partial charge on any atom is 0.231 e. The summed E-state index contributed by atoms with van der Waals surface area (Å²) in [6.07, 6.45) is -1.99. The predicted octanol–water partition coefficient (Wildman–Crippen LogP) is 1.34. The Morgan fingerprint density at radius 2 is 1.44 bits per heavy atom. The largest absolute Gasteiger partial charge is 0.394 e. The van der Waals surface area contributed by atoms with Crippen LogP contribution in [0.5, 0.6) is 0 Å². The van der Waals surface area contributed by atoms with Gasteiger partial charge in [0.15, 0.2) is 0 Å². The molecular formula is C20H23NO4. The molecule has 5 heteroatoms. The quantitative estimate of drug-likeness (QED) is 0.693. The number of aliphatic hydroxyl groups is 3. The third kappa shape index (κ3) is 3.18. The van der Waals surface area contributed by atoms with E-state index in [1.54, 1.807) is 4.90 Å². The van der Waals surface area contributed by atoms with Crippen molar-refractivity contribution in [2.24, 2.45) is 5.92 Å². The average molecular weight is 341 g/mol. The van der Waals surface area contributed by atoms with E-state index in [1.165, 1.54) is 6.92 Å². The van der Waals surface area contributed by atoms with E-state index in [1.807, 2.05) is 60.7 Å². The summed E-state index contributed by atoms with van der Waals surface area (Å²) in [5.41, 5.74) is 1.84. The number of nitrogens with zero attached hydrogens (tertiary/aromatic N) is 1. The van der Waals surface area contributed by atoms with E-state index >= 15 is 0 Å². The Balaban J connectivity index is 2.05. The number of carbonyl (C=O) groups is 1. The minimum atomic E-state index is -1.10. The van der Waals surface area contributed by atoms with Crippen molar-refractivity contribution in [2.45, 2.75) is 31.2 Å². The van der Waals surface area contributed by atoms with Crippen LogP contribution in [0.3, 0.4) is 0 Å². The minimum absolute atomic E-state index is 0.217. The molecule has 25 heavy (non-hydrogen) atoms. The smallest absolute Gasteiger partial charge is 0.231 e. The summed E-state index contributed by atoms with van der Waals surface area (Å²) in [5.74, 6) is -0.928. The maximum absolute atomic E-state index is 12.8. The normalized spacial score (nSPS) is 22.6. The van der Waals surface area contributed by atoms with Crippen molar-refractivity contribution in [3.8, 4) is 0 Å². The molecule has 4 atom stereocenters. The third-order valence-electron chi connectivity index (χ3n) is 4.84. The van der Waals surface area contributed by atoms with Gasteiger partial charge in [0.25, 0.3) is 0 Å². The molecule has 3 N–H and O–H groups in total. The fourth-order valence-electron chi connectivity index (χ4n) is 3.66. The van der Waals surface area contributed by atoms with Crippen LogP contribution in [0.1, 0.15) is 24.1 Å². The Kier molecular flexibility index (Phi) is 5.18. The second-order valence-electron chi connectivity index (χ2n) is 6.48. The summed E-state index contributed by atoms with van der Waals surface area (Å²) in [5, 5.41) is 29.7. The molecule has 0 aliphatic carbocycles. The van der Waals surface area contributed by atoms with Gasteiger partial charge in [-0.2, -0.15) is 0 Å². The van der Waals surface area contributed by atoms with Gasteiger partial charge in [-0.1, -0.05) is 60.7 Å². The summed E-state index contributed by atoms with van der Waals surface area (Å²) >= 11 is 0. The van der Waals surface area contributed by atoms with Gasteiger partial charge in [-0.3, -0.25) is 4.79 Å². The highest BCUT2D eigenvalue weighted by Crippen LogP contribution is 2.42. The lowest BCUT2D eigenvalue weighted by Crippen LogP contribution is -2.69. The van der Waals surface area contributed by atoms with Crippen molar-refractivity contribution in [3.05, 3.63) is 71.8 Å². The van der Waals surface area contributed by atoms with E-state index in [2.05, 4.69) is 0 Å². The first-order valence-electron chi connectivity index (χ1n) is 8.45. The number of amides is 1.